The van der Waals surface area contributed by atoms with Gasteiger partial charge in [-0.3, -0.25) is 9.48 Å². The molecule has 3 rings (SSSR count). The van der Waals surface area contributed by atoms with Gasteiger partial charge in [-0.05, 0) is 45.2 Å². The van der Waals surface area contributed by atoms with E-state index in [4.69, 9.17) is 0 Å². The molecule has 0 spiro atoms. The highest BCUT2D eigenvalue weighted by Crippen LogP contribution is 2.27. The quantitative estimate of drug-likeness (QED) is 0.897. The zero-order valence-corrected chi connectivity index (χ0v) is 12.9. The summed E-state index contributed by atoms with van der Waals surface area (Å²) in [6.45, 7) is 4.19. The van der Waals surface area contributed by atoms with E-state index in [0.717, 1.165) is 32.4 Å². The summed E-state index contributed by atoms with van der Waals surface area (Å²) >= 11 is 0. The number of carbonyl (C=O) groups is 1. The molecular weight excluding hydrogens is 264 g/mol. The van der Waals surface area contributed by atoms with E-state index in [-0.39, 0.29) is 11.4 Å². The van der Waals surface area contributed by atoms with Gasteiger partial charge >= 0.3 is 0 Å². The fourth-order valence-electron chi connectivity index (χ4n) is 3.52. The second-order valence-electron chi connectivity index (χ2n) is 6.76. The van der Waals surface area contributed by atoms with Crippen molar-refractivity contribution in [3.63, 3.8) is 0 Å². The van der Waals surface area contributed by atoms with Crippen molar-refractivity contribution in [1.29, 1.82) is 0 Å². The predicted molar refractivity (Wildman–Crippen MR) is 82.3 cm³/mol. The molecule has 0 aromatic carbocycles. The Morgan fingerprint density at radius 1 is 1.38 bits per heavy atom. The number of hydrogen-bond donors (Lipinski definition) is 2. The fourth-order valence-corrected chi connectivity index (χ4v) is 3.52. The summed E-state index contributed by atoms with van der Waals surface area (Å²) in [4.78, 5) is 12.4. The molecule has 5 heteroatoms. The van der Waals surface area contributed by atoms with E-state index in [1.54, 1.807) is 0 Å². The summed E-state index contributed by atoms with van der Waals surface area (Å²) in [5.41, 5.74) is 0.498. The average molecular weight is 290 g/mol. The second-order valence-corrected chi connectivity index (χ2v) is 6.76. The highest BCUT2D eigenvalue weighted by Gasteiger charge is 2.29. The van der Waals surface area contributed by atoms with Gasteiger partial charge in [0.05, 0.1) is 6.04 Å². The molecule has 1 aromatic rings. The van der Waals surface area contributed by atoms with E-state index in [2.05, 4.69) is 22.7 Å². The van der Waals surface area contributed by atoms with Crippen molar-refractivity contribution in [2.24, 2.45) is 0 Å². The van der Waals surface area contributed by atoms with E-state index < -0.39 is 0 Å². The first kappa shape index (κ1) is 14.6. The van der Waals surface area contributed by atoms with Gasteiger partial charge < -0.3 is 10.6 Å². The normalized spacial score (nSPS) is 25.5. The molecule has 1 saturated heterocycles. The van der Waals surface area contributed by atoms with Gasteiger partial charge in [0.25, 0.3) is 5.91 Å². The standard InChI is InChI=1S/C16H26N4O/c1-16(8-3-2-4-9-16)18-15(21)14-7-11-20(19-14)13-6-5-10-17-12-13/h7,11,13,17H,2-6,8-10,12H2,1H3,(H,18,21). The summed E-state index contributed by atoms with van der Waals surface area (Å²) in [5.74, 6) is -0.0260. The van der Waals surface area contributed by atoms with E-state index in [0.29, 0.717) is 11.7 Å². The maximum atomic E-state index is 12.4. The minimum absolute atomic E-state index is 0.0260. The highest BCUT2D eigenvalue weighted by molar-refractivity contribution is 5.92. The Kier molecular flexibility index (Phi) is 4.29. The molecule has 1 unspecified atom stereocenters. The van der Waals surface area contributed by atoms with Crippen molar-refractivity contribution < 1.29 is 4.79 Å². The monoisotopic (exact) mass is 290 g/mol. The molecule has 1 aliphatic heterocycles. The Morgan fingerprint density at radius 2 is 2.19 bits per heavy atom. The van der Waals surface area contributed by atoms with Crippen molar-refractivity contribution in [3.05, 3.63) is 18.0 Å². The summed E-state index contributed by atoms with van der Waals surface area (Å²) in [6.07, 6.45) is 10.1. The molecule has 1 aromatic heterocycles. The molecule has 116 valence electrons. The van der Waals surface area contributed by atoms with E-state index in [1.807, 2.05) is 16.9 Å². The van der Waals surface area contributed by atoms with Gasteiger partial charge in [0.1, 0.15) is 5.69 Å². The average Bonchev–Trinajstić information content (AvgIpc) is 2.98. The van der Waals surface area contributed by atoms with Crippen LogP contribution in [0.3, 0.4) is 0 Å². The third-order valence-corrected chi connectivity index (χ3v) is 4.86. The number of amides is 1. The number of carbonyl (C=O) groups excluding carboxylic acids is 1. The van der Waals surface area contributed by atoms with Crippen LogP contribution in [-0.2, 0) is 0 Å². The molecule has 1 atom stereocenters. The number of hydrogen-bond acceptors (Lipinski definition) is 3. The Balaban J connectivity index is 1.63. The molecule has 5 nitrogen and oxygen atoms in total. The van der Waals surface area contributed by atoms with Gasteiger partial charge in [-0.25, -0.2) is 0 Å². The number of nitrogens with zero attached hydrogens (tertiary/aromatic N) is 2. The van der Waals surface area contributed by atoms with Crippen molar-refractivity contribution in [2.75, 3.05) is 13.1 Å². The molecule has 2 fully saturated rings. The Bertz CT molecular complexity index is 484. The Labute approximate surface area is 126 Å². The lowest BCUT2D eigenvalue weighted by Gasteiger charge is -2.34. The van der Waals surface area contributed by atoms with Gasteiger partial charge in [-0.2, -0.15) is 5.10 Å². The molecular formula is C16H26N4O. The molecule has 1 amide bonds. The molecule has 0 bridgehead atoms. The van der Waals surface area contributed by atoms with Crippen molar-refractivity contribution in [3.8, 4) is 0 Å². The summed E-state index contributed by atoms with van der Waals surface area (Å²) in [6, 6.07) is 2.22. The number of aromatic nitrogens is 2. The van der Waals surface area contributed by atoms with Crippen LogP contribution in [0.5, 0.6) is 0 Å². The zero-order valence-electron chi connectivity index (χ0n) is 12.9. The van der Waals surface area contributed by atoms with Gasteiger partial charge in [-0.15, -0.1) is 0 Å². The molecule has 2 N–H and O–H groups in total. The van der Waals surface area contributed by atoms with Gasteiger partial charge in [0, 0.05) is 18.3 Å². The molecule has 2 heterocycles. The van der Waals surface area contributed by atoms with E-state index in [9.17, 15) is 4.79 Å². The summed E-state index contributed by atoms with van der Waals surface area (Å²) in [7, 11) is 0. The van der Waals surface area contributed by atoms with Crippen LogP contribution in [0, 0.1) is 0 Å². The lowest BCUT2D eigenvalue weighted by Crippen LogP contribution is -2.47. The largest absolute Gasteiger partial charge is 0.345 e. The third kappa shape index (κ3) is 3.46. The zero-order chi connectivity index (χ0) is 14.7. The van der Waals surface area contributed by atoms with E-state index in [1.165, 1.54) is 25.7 Å². The summed E-state index contributed by atoms with van der Waals surface area (Å²) < 4.78 is 1.95. The van der Waals surface area contributed by atoms with Crippen LogP contribution >= 0.6 is 0 Å². The van der Waals surface area contributed by atoms with Crippen LogP contribution in [0.2, 0.25) is 0 Å². The fraction of sp³-hybridized carbons (Fsp3) is 0.750. The van der Waals surface area contributed by atoms with Crippen molar-refractivity contribution in [2.45, 2.75) is 63.5 Å². The maximum Gasteiger partial charge on any atom is 0.272 e. The van der Waals surface area contributed by atoms with Gasteiger partial charge in [0.2, 0.25) is 0 Å². The van der Waals surface area contributed by atoms with Crippen LogP contribution in [0.4, 0.5) is 0 Å². The number of rotatable bonds is 3. The SMILES string of the molecule is CC1(NC(=O)c2ccn(C3CCCNC3)n2)CCCCC1. The molecule has 1 saturated carbocycles. The first-order valence-electron chi connectivity index (χ1n) is 8.25. The minimum Gasteiger partial charge on any atom is -0.345 e. The molecule has 21 heavy (non-hydrogen) atoms. The van der Waals surface area contributed by atoms with Crippen LogP contribution in [0.15, 0.2) is 12.3 Å². The predicted octanol–water partition coefficient (Wildman–Crippen LogP) is 2.26. The van der Waals surface area contributed by atoms with Crippen LogP contribution < -0.4 is 10.6 Å². The Morgan fingerprint density at radius 3 is 2.90 bits per heavy atom. The Hall–Kier alpha value is -1.36. The van der Waals surface area contributed by atoms with Gasteiger partial charge in [0.15, 0.2) is 0 Å². The second kappa shape index (κ2) is 6.18. The molecule has 1 aliphatic carbocycles. The first-order valence-corrected chi connectivity index (χ1v) is 8.25. The molecule has 0 radical (unpaired) electrons. The topological polar surface area (TPSA) is 59.0 Å². The van der Waals surface area contributed by atoms with Gasteiger partial charge in [-0.1, -0.05) is 19.3 Å². The van der Waals surface area contributed by atoms with E-state index >= 15 is 0 Å². The minimum atomic E-state index is -0.0501. The highest BCUT2D eigenvalue weighted by atomic mass is 16.2. The maximum absolute atomic E-state index is 12.4. The van der Waals surface area contributed by atoms with Crippen molar-refractivity contribution in [1.82, 2.24) is 20.4 Å². The van der Waals surface area contributed by atoms with Crippen LogP contribution in [-0.4, -0.2) is 34.3 Å². The van der Waals surface area contributed by atoms with Crippen molar-refractivity contribution >= 4 is 5.91 Å². The summed E-state index contributed by atoms with van der Waals surface area (Å²) in [5, 5.41) is 11.1. The number of piperidine rings is 1. The van der Waals surface area contributed by atoms with Crippen LogP contribution in [0.25, 0.3) is 0 Å². The molecule has 2 aliphatic rings. The lowest BCUT2D eigenvalue weighted by atomic mass is 9.83. The third-order valence-electron chi connectivity index (χ3n) is 4.86. The smallest absolute Gasteiger partial charge is 0.272 e. The number of nitrogens with one attached hydrogen (secondary N) is 2. The lowest BCUT2D eigenvalue weighted by molar-refractivity contribution is 0.0876. The van der Waals surface area contributed by atoms with Crippen LogP contribution in [0.1, 0.15) is 68.4 Å². The first-order chi connectivity index (χ1) is 10.2.